The molecule has 1 rings (SSSR count). The molecule has 4 heteroatoms. The van der Waals surface area contributed by atoms with E-state index < -0.39 is 0 Å². The topological polar surface area (TPSA) is 34.2 Å². The summed E-state index contributed by atoms with van der Waals surface area (Å²) in [6.45, 7) is 2.93. The maximum Gasteiger partial charge on any atom is 0.217 e. The summed E-state index contributed by atoms with van der Waals surface area (Å²) in [4.78, 5) is 4.16. The maximum atomic E-state index is 5.74. The Morgan fingerprint density at radius 2 is 2.38 bits per heavy atom. The van der Waals surface area contributed by atoms with Crippen molar-refractivity contribution in [1.29, 1.82) is 0 Å². The molecule has 1 aromatic rings. The van der Waals surface area contributed by atoms with Gasteiger partial charge in [0.25, 0.3) is 0 Å². The molecule has 0 bridgehead atoms. The molecule has 0 radical (unpaired) electrons. The van der Waals surface area contributed by atoms with Gasteiger partial charge in [-0.05, 0) is 18.9 Å². The van der Waals surface area contributed by atoms with Gasteiger partial charge in [-0.1, -0.05) is 13.0 Å². The molecular formula is C12H19ClN2O. The molecule has 0 saturated heterocycles. The second-order valence-corrected chi connectivity index (χ2v) is 4.01. The van der Waals surface area contributed by atoms with Crippen LogP contribution in [0.2, 0.25) is 0 Å². The Labute approximate surface area is 102 Å². The van der Waals surface area contributed by atoms with E-state index in [-0.39, 0.29) is 0 Å². The molecular weight excluding hydrogens is 224 g/mol. The second-order valence-electron chi connectivity index (χ2n) is 3.64. The molecule has 0 spiro atoms. The van der Waals surface area contributed by atoms with E-state index in [1.165, 1.54) is 0 Å². The highest BCUT2D eigenvalue weighted by atomic mass is 35.5. The van der Waals surface area contributed by atoms with Crippen molar-refractivity contribution < 1.29 is 4.74 Å². The van der Waals surface area contributed by atoms with Gasteiger partial charge in [0.05, 0.1) is 7.11 Å². The first-order valence-electron chi connectivity index (χ1n) is 5.59. The molecule has 0 aliphatic rings. The van der Waals surface area contributed by atoms with E-state index in [4.69, 9.17) is 16.3 Å². The largest absolute Gasteiger partial charge is 0.481 e. The summed E-state index contributed by atoms with van der Waals surface area (Å²) in [5.74, 6) is 1.38. The third-order valence-corrected chi connectivity index (χ3v) is 2.79. The lowest BCUT2D eigenvalue weighted by atomic mass is 10.1. The molecule has 3 nitrogen and oxygen atoms in total. The SMILES string of the molecule is CCC(CCCl)NCc1cccnc1OC. The Kier molecular flexibility index (Phi) is 6.19. The van der Waals surface area contributed by atoms with Gasteiger partial charge in [0.2, 0.25) is 5.88 Å². The number of methoxy groups -OCH3 is 1. The third kappa shape index (κ3) is 3.99. The Morgan fingerprint density at radius 3 is 3.00 bits per heavy atom. The zero-order valence-electron chi connectivity index (χ0n) is 9.87. The van der Waals surface area contributed by atoms with Gasteiger partial charge < -0.3 is 10.1 Å². The number of nitrogens with zero attached hydrogens (tertiary/aromatic N) is 1. The number of nitrogens with one attached hydrogen (secondary N) is 1. The Balaban J connectivity index is 2.52. The lowest BCUT2D eigenvalue weighted by Gasteiger charge is -2.16. The third-order valence-electron chi connectivity index (χ3n) is 2.57. The Morgan fingerprint density at radius 1 is 1.56 bits per heavy atom. The highest BCUT2D eigenvalue weighted by Gasteiger charge is 2.07. The van der Waals surface area contributed by atoms with E-state index in [2.05, 4.69) is 17.2 Å². The predicted octanol–water partition coefficient (Wildman–Crippen LogP) is 2.59. The Hall–Kier alpha value is -0.800. The van der Waals surface area contributed by atoms with E-state index in [1.807, 2.05) is 12.1 Å². The molecule has 0 aliphatic carbocycles. The van der Waals surface area contributed by atoms with Crippen molar-refractivity contribution in [3.63, 3.8) is 0 Å². The van der Waals surface area contributed by atoms with Gasteiger partial charge in [-0.2, -0.15) is 0 Å². The summed E-state index contributed by atoms with van der Waals surface area (Å²) in [6, 6.07) is 4.40. The lowest BCUT2D eigenvalue weighted by Crippen LogP contribution is -2.28. The zero-order chi connectivity index (χ0) is 11.8. The van der Waals surface area contributed by atoms with Gasteiger partial charge in [0, 0.05) is 30.2 Å². The fraction of sp³-hybridized carbons (Fsp3) is 0.583. The van der Waals surface area contributed by atoms with Crippen molar-refractivity contribution in [2.24, 2.45) is 0 Å². The monoisotopic (exact) mass is 242 g/mol. The minimum absolute atomic E-state index is 0.461. The fourth-order valence-electron chi connectivity index (χ4n) is 1.58. The van der Waals surface area contributed by atoms with Gasteiger partial charge in [0.15, 0.2) is 0 Å². The van der Waals surface area contributed by atoms with E-state index in [0.29, 0.717) is 17.8 Å². The first-order chi connectivity index (χ1) is 7.81. The van der Waals surface area contributed by atoms with Crippen LogP contribution >= 0.6 is 11.6 Å². The van der Waals surface area contributed by atoms with Gasteiger partial charge in [-0.15, -0.1) is 11.6 Å². The molecule has 0 amide bonds. The summed E-state index contributed by atoms with van der Waals surface area (Å²) < 4.78 is 5.19. The smallest absolute Gasteiger partial charge is 0.217 e. The van der Waals surface area contributed by atoms with Crippen molar-refractivity contribution in [3.8, 4) is 5.88 Å². The molecule has 0 aliphatic heterocycles. The van der Waals surface area contributed by atoms with Crippen molar-refractivity contribution in [3.05, 3.63) is 23.9 Å². The van der Waals surface area contributed by atoms with E-state index in [9.17, 15) is 0 Å². The number of aromatic nitrogens is 1. The molecule has 1 heterocycles. The van der Waals surface area contributed by atoms with Crippen LogP contribution in [0, 0.1) is 0 Å². The molecule has 1 atom stereocenters. The average molecular weight is 243 g/mol. The van der Waals surface area contributed by atoms with Crippen LogP contribution in [-0.4, -0.2) is 24.0 Å². The highest BCUT2D eigenvalue weighted by molar-refractivity contribution is 6.17. The van der Waals surface area contributed by atoms with Crippen molar-refractivity contribution in [1.82, 2.24) is 10.3 Å². The normalized spacial score (nSPS) is 12.4. The van der Waals surface area contributed by atoms with Crippen LogP contribution in [0.5, 0.6) is 5.88 Å². The quantitative estimate of drug-likeness (QED) is 0.747. The number of pyridine rings is 1. The first kappa shape index (κ1) is 13.3. The van der Waals surface area contributed by atoms with E-state index in [1.54, 1.807) is 13.3 Å². The van der Waals surface area contributed by atoms with Crippen LogP contribution in [0.3, 0.4) is 0 Å². The van der Waals surface area contributed by atoms with Gasteiger partial charge in [0.1, 0.15) is 0 Å². The highest BCUT2D eigenvalue weighted by Crippen LogP contribution is 2.13. The summed E-state index contributed by atoms with van der Waals surface area (Å²) in [5, 5.41) is 3.46. The summed E-state index contributed by atoms with van der Waals surface area (Å²) in [5.41, 5.74) is 1.08. The van der Waals surface area contributed by atoms with Gasteiger partial charge in [-0.3, -0.25) is 0 Å². The summed E-state index contributed by atoms with van der Waals surface area (Å²) in [6.07, 6.45) is 3.80. The first-order valence-corrected chi connectivity index (χ1v) is 6.12. The Bertz CT molecular complexity index is 307. The van der Waals surface area contributed by atoms with E-state index in [0.717, 1.165) is 24.9 Å². The fourth-order valence-corrected chi connectivity index (χ4v) is 1.84. The maximum absolute atomic E-state index is 5.74. The van der Waals surface area contributed by atoms with Crippen LogP contribution in [0.1, 0.15) is 25.3 Å². The minimum atomic E-state index is 0.461. The second kappa shape index (κ2) is 7.47. The van der Waals surface area contributed by atoms with Gasteiger partial charge in [-0.25, -0.2) is 4.98 Å². The molecule has 90 valence electrons. The van der Waals surface area contributed by atoms with Crippen molar-refractivity contribution in [2.45, 2.75) is 32.4 Å². The number of hydrogen-bond donors (Lipinski definition) is 1. The molecule has 1 aromatic heterocycles. The van der Waals surface area contributed by atoms with E-state index >= 15 is 0 Å². The minimum Gasteiger partial charge on any atom is -0.481 e. The summed E-state index contributed by atoms with van der Waals surface area (Å²) in [7, 11) is 1.64. The van der Waals surface area contributed by atoms with Crippen molar-refractivity contribution >= 4 is 11.6 Å². The van der Waals surface area contributed by atoms with Crippen molar-refractivity contribution in [2.75, 3.05) is 13.0 Å². The predicted molar refractivity (Wildman–Crippen MR) is 67.0 cm³/mol. The molecule has 0 aromatic carbocycles. The number of hydrogen-bond acceptors (Lipinski definition) is 3. The molecule has 1 N–H and O–H groups in total. The standard InChI is InChI=1S/C12H19ClN2O/c1-3-11(6-7-13)15-9-10-5-4-8-14-12(10)16-2/h4-5,8,11,15H,3,6-7,9H2,1-2H3. The molecule has 0 fully saturated rings. The molecule has 0 saturated carbocycles. The molecule has 1 unspecified atom stereocenters. The summed E-state index contributed by atoms with van der Waals surface area (Å²) >= 11 is 5.74. The van der Waals surface area contributed by atoms with Crippen LogP contribution in [0.15, 0.2) is 18.3 Å². The average Bonchev–Trinajstić information content (AvgIpc) is 2.34. The van der Waals surface area contributed by atoms with Gasteiger partial charge >= 0.3 is 0 Å². The number of halogens is 1. The zero-order valence-corrected chi connectivity index (χ0v) is 10.6. The van der Waals surface area contributed by atoms with Crippen LogP contribution < -0.4 is 10.1 Å². The molecule has 16 heavy (non-hydrogen) atoms. The number of rotatable bonds is 7. The lowest BCUT2D eigenvalue weighted by molar-refractivity contribution is 0.387. The van der Waals surface area contributed by atoms with Crippen LogP contribution in [-0.2, 0) is 6.54 Å². The number of alkyl halides is 1. The van der Waals surface area contributed by atoms with Crippen LogP contribution in [0.4, 0.5) is 0 Å². The number of ether oxygens (including phenoxy) is 1. The van der Waals surface area contributed by atoms with Crippen LogP contribution in [0.25, 0.3) is 0 Å².